The Bertz CT molecular complexity index is 1120. The van der Waals surface area contributed by atoms with Gasteiger partial charge in [0.15, 0.2) is 5.78 Å². The molecule has 1 atom stereocenters. The summed E-state index contributed by atoms with van der Waals surface area (Å²) < 4.78 is 5.72. The van der Waals surface area contributed by atoms with E-state index in [0.29, 0.717) is 13.0 Å². The number of carbonyl (C=O) groups excluding carboxylic acids is 1. The lowest BCUT2D eigenvalue weighted by Crippen LogP contribution is -2.27. The van der Waals surface area contributed by atoms with Crippen LogP contribution in [0.5, 0.6) is 5.75 Å². The number of anilines is 1. The van der Waals surface area contributed by atoms with Crippen molar-refractivity contribution >= 4 is 27.9 Å². The number of nitrogens with zero attached hydrogens (tertiary/aromatic N) is 1. The second kappa shape index (κ2) is 7.36. The fraction of sp³-hybridized carbons (Fsp3) is 0.280. The molecule has 0 saturated carbocycles. The molecule has 4 heteroatoms. The number of hydrogen-bond acceptors (Lipinski definition) is 4. The fourth-order valence-corrected chi connectivity index (χ4v) is 4.51. The van der Waals surface area contributed by atoms with Crippen LogP contribution in [0, 0.1) is 0 Å². The van der Waals surface area contributed by atoms with E-state index in [9.17, 15) is 4.79 Å². The van der Waals surface area contributed by atoms with Crippen molar-refractivity contribution in [2.75, 3.05) is 11.9 Å². The van der Waals surface area contributed by atoms with E-state index in [1.54, 1.807) is 0 Å². The highest BCUT2D eigenvalue weighted by atomic mass is 16.5. The zero-order valence-electron chi connectivity index (χ0n) is 16.6. The highest BCUT2D eigenvalue weighted by Gasteiger charge is 2.34. The van der Waals surface area contributed by atoms with Gasteiger partial charge < -0.3 is 10.1 Å². The van der Waals surface area contributed by atoms with Gasteiger partial charge in [0.25, 0.3) is 0 Å². The molecule has 1 N–H and O–H groups in total. The molecule has 0 radical (unpaired) electrons. The van der Waals surface area contributed by atoms with Gasteiger partial charge in [0.05, 0.1) is 18.2 Å². The van der Waals surface area contributed by atoms with E-state index in [4.69, 9.17) is 4.74 Å². The Morgan fingerprint density at radius 1 is 1.10 bits per heavy atom. The maximum atomic E-state index is 13.0. The SMILES string of the molecule is CCCOc1ccc([C@@H]2Nc3ccc4ncccc4c3C3=C2C(=O)CCC3)cc1. The third-order valence-electron chi connectivity index (χ3n) is 5.82. The average molecular weight is 384 g/mol. The zero-order valence-corrected chi connectivity index (χ0v) is 16.6. The summed E-state index contributed by atoms with van der Waals surface area (Å²) in [4.78, 5) is 17.5. The van der Waals surface area contributed by atoms with Crippen LogP contribution in [0.3, 0.4) is 0 Å². The summed E-state index contributed by atoms with van der Waals surface area (Å²) in [7, 11) is 0. The Morgan fingerprint density at radius 2 is 1.97 bits per heavy atom. The number of aromatic nitrogens is 1. The Morgan fingerprint density at radius 3 is 2.79 bits per heavy atom. The highest BCUT2D eigenvalue weighted by Crippen LogP contribution is 2.47. The number of nitrogens with one attached hydrogen (secondary N) is 1. The first-order valence-electron chi connectivity index (χ1n) is 10.4. The van der Waals surface area contributed by atoms with Crippen LogP contribution in [0.2, 0.25) is 0 Å². The molecule has 2 heterocycles. The molecule has 0 fully saturated rings. The van der Waals surface area contributed by atoms with Crippen molar-refractivity contribution < 1.29 is 9.53 Å². The van der Waals surface area contributed by atoms with E-state index >= 15 is 0 Å². The first kappa shape index (κ1) is 17.9. The lowest BCUT2D eigenvalue weighted by molar-refractivity contribution is -0.116. The molecular weight excluding hydrogens is 360 g/mol. The smallest absolute Gasteiger partial charge is 0.161 e. The molecule has 4 nitrogen and oxygen atoms in total. The van der Waals surface area contributed by atoms with Crippen LogP contribution in [0.15, 0.2) is 60.3 Å². The number of carbonyl (C=O) groups is 1. The molecule has 0 spiro atoms. The summed E-state index contributed by atoms with van der Waals surface area (Å²) in [5.41, 5.74) is 6.39. The van der Waals surface area contributed by atoms with Gasteiger partial charge in [-0.2, -0.15) is 0 Å². The monoisotopic (exact) mass is 384 g/mol. The Kier molecular flexibility index (Phi) is 4.55. The molecule has 0 unspecified atom stereocenters. The maximum Gasteiger partial charge on any atom is 0.161 e. The molecule has 3 aromatic rings. The summed E-state index contributed by atoms with van der Waals surface area (Å²) >= 11 is 0. The van der Waals surface area contributed by atoms with Crippen LogP contribution in [-0.4, -0.2) is 17.4 Å². The largest absolute Gasteiger partial charge is 0.494 e. The van der Waals surface area contributed by atoms with Crippen molar-refractivity contribution in [3.8, 4) is 5.75 Å². The van der Waals surface area contributed by atoms with Crippen molar-refractivity contribution in [2.45, 2.75) is 38.6 Å². The number of Topliss-reactive ketones (excluding diaryl/α,β-unsaturated/α-hetero) is 1. The normalized spacial score (nSPS) is 18.2. The number of rotatable bonds is 4. The third-order valence-corrected chi connectivity index (χ3v) is 5.82. The predicted molar refractivity (Wildman–Crippen MR) is 116 cm³/mol. The maximum absolute atomic E-state index is 13.0. The summed E-state index contributed by atoms with van der Waals surface area (Å²) in [6.07, 6.45) is 5.25. The predicted octanol–water partition coefficient (Wildman–Crippen LogP) is 5.70. The van der Waals surface area contributed by atoms with E-state index in [1.807, 2.05) is 24.4 Å². The molecule has 5 rings (SSSR count). The molecule has 1 aliphatic carbocycles. The van der Waals surface area contributed by atoms with Gasteiger partial charge in [-0.25, -0.2) is 0 Å². The summed E-state index contributed by atoms with van der Waals surface area (Å²) in [6.45, 7) is 2.81. The van der Waals surface area contributed by atoms with E-state index in [-0.39, 0.29) is 11.8 Å². The van der Waals surface area contributed by atoms with Gasteiger partial charge in [-0.3, -0.25) is 9.78 Å². The van der Waals surface area contributed by atoms with Crippen LogP contribution in [0.25, 0.3) is 16.5 Å². The number of ketones is 1. The van der Waals surface area contributed by atoms with Crippen LogP contribution < -0.4 is 10.1 Å². The van der Waals surface area contributed by atoms with Gasteiger partial charge in [-0.1, -0.05) is 25.1 Å². The van der Waals surface area contributed by atoms with Gasteiger partial charge in [0, 0.05) is 34.8 Å². The molecule has 0 amide bonds. The summed E-state index contributed by atoms with van der Waals surface area (Å²) in [5, 5.41) is 4.76. The van der Waals surface area contributed by atoms with Gasteiger partial charge in [0.2, 0.25) is 0 Å². The molecule has 1 aromatic heterocycles. The van der Waals surface area contributed by atoms with Gasteiger partial charge in [-0.05, 0) is 60.7 Å². The van der Waals surface area contributed by atoms with Crippen LogP contribution in [0.1, 0.15) is 49.8 Å². The Balaban J connectivity index is 1.63. The molecule has 1 aliphatic heterocycles. The summed E-state index contributed by atoms with van der Waals surface area (Å²) in [6, 6.07) is 16.2. The lowest BCUT2D eigenvalue weighted by Gasteiger charge is -2.35. The number of benzene rings is 2. The topological polar surface area (TPSA) is 51.2 Å². The lowest BCUT2D eigenvalue weighted by atomic mass is 9.77. The van der Waals surface area contributed by atoms with Crippen molar-refractivity contribution in [2.24, 2.45) is 0 Å². The minimum absolute atomic E-state index is 0.125. The van der Waals surface area contributed by atoms with Crippen LogP contribution in [0.4, 0.5) is 5.69 Å². The van der Waals surface area contributed by atoms with Crippen molar-refractivity contribution in [3.05, 3.63) is 71.4 Å². The number of hydrogen-bond donors (Lipinski definition) is 1. The molecule has 2 aromatic carbocycles. The first-order chi connectivity index (χ1) is 14.3. The summed E-state index contributed by atoms with van der Waals surface area (Å²) in [5.74, 6) is 1.12. The molecule has 2 aliphatic rings. The number of ether oxygens (including phenoxy) is 1. The van der Waals surface area contributed by atoms with Crippen LogP contribution >= 0.6 is 0 Å². The van der Waals surface area contributed by atoms with E-state index in [2.05, 4.69) is 47.6 Å². The number of pyridine rings is 1. The molecule has 29 heavy (non-hydrogen) atoms. The second-order valence-electron chi connectivity index (χ2n) is 7.72. The zero-order chi connectivity index (χ0) is 19.8. The quantitative estimate of drug-likeness (QED) is 0.627. The Hall–Kier alpha value is -3.14. The average Bonchev–Trinajstić information content (AvgIpc) is 2.77. The van der Waals surface area contributed by atoms with Gasteiger partial charge in [0.1, 0.15) is 5.75 Å². The minimum Gasteiger partial charge on any atom is -0.494 e. The number of fused-ring (bicyclic) bond motifs is 4. The fourth-order valence-electron chi connectivity index (χ4n) is 4.51. The minimum atomic E-state index is -0.125. The third kappa shape index (κ3) is 3.09. The van der Waals surface area contributed by atoms with Gasteiger partial charge in [-0.15, -0.1) is 0 Å². The Labute approximate surface area is 170 Å². The molecule has 0 bridgehead atoms. The van der Waals surface area contributed by atoms with Crippen LogP contribution in [-0.2, 0) is 4.79 Å². The van der Waals surface area contributed by atoms with E-state index in [1.165, 1.54) is 5.57 Å². The second-order valence-corrected chi connectivity index (χ2v) is 7.72. The first-order valence-corrected chi connectivity index (χ1v) is 10.4. The van der Waals surface area contributed by atoms with E-state index in [0.717, 1.165) is 58.3 Å². The number of allylic oxidation sites excluding steroid dienone is 1. The van der Waals surface area contributed by atoms with Crippen molar-refractivity contribution in [1.29, 1.82) is 0 Å². The van der Waals surface area contributed by atoms with Crippen molar-refractivity contribution in [1.82, 2.24) is 4.98 Å². The molecular formula is C25H24N2O2. The molecule has 0 saturated heterocycles. The molecule has 146 valence electrons. The van der Waals surface area contributed by atoms with Gasteiger partial charge >= 0.3 is 0 Å². The standard InChI is InChI=1S/C25H24N2O2/c1-2-15-29-17-10-8-16(9-11-17)25-24-19(5-3-7-22(24)28)23-18-6-4-14-26-20(18)12-13-21(23)27-25/h4,6,8-14,25,27H,2-3,5,7,15H2,1H3/t25-/m0/s1. The van der Waals surface area contributed by atoms with Crippen molar-refractivity contribution in [3.63, 3.8) is 0 Å². The highest BCUT2D eigenvalue weighted by molar-refractivity contribution is 6.12. The van der Waals surface area contributed by atoms with E-state index < -0.39 is 0 Å².